The van der Waals surface area contributed by atoms with Gasteiger partial charge in [0, 0.05) is 9.90 Å². The molecule has 17 heavy (non-hydrogen) atoms. The van der Waals surface area contributed by atoms with Gasteiger partial charge in [0.15, 0.2) is 0 Å². The van der Waals surface area contributed by atoms with Crippen molar-refractivity contribution >= 4 is 22.9 Å². The van der Waals surface area contributed by atoms with Gasteiger partial charge in [0.25, 0.3) is 0 Å². The van der Waals surface area contributed by atoms with E-state index < -0.39 is 0 Å². The number of hydrogen-bond donors (Lipinski definition) is 2. The lowest BCUT2D eigenvalue weighted by atomic mass is 10.0. The molecule has 2 nitrogen and oxygen atoms in total. The van der Waals surface area contributed by atoms with Crippen LogP contribution in [0.3, 0.4) is 0 Å². The van der Waals surface area contributed by atoms with E-state index in [1.165, 1.54) is 16.0 Å². The molecule has 90 valence electrons. The monoisotopic (exact) mass is 266 g/mol. The molecule has 2 aromatic rings. The van der Waals surface area contributed by atoms with E-state index in [-0.39, 0.29) is 6.04 Å². The van der Waals surface area contributed by atoms with Crippen LogP contribution in [-0.4, -0.2) is 0 Å². The van der Waals surface area contributed by atoms with E-state index in [0.717, 1.165) is 11.4 Å². The predicted molar refractivity (Wildman–Crippen MR) is 74.3 cm³/mol. The number of hydrazine groups is 1. The van der Waals surface area contributed by atoms with Crippen LogP contribution >= 0.6 is 22.9 Å². The first-order valence-electron chi connectivity index (χ1n) is 5.44. The molecule has 0 bridgehead atoms. The number of nitrogens with two attached hydrogens (primary N) is 1. The SMILES string of the molecule is Cc1cc(C(Cc2ccc(Cl)cc2)NN)cs1. The minimum Gasteiger partial charge on any atom is -0.271 e. The Kier molecular flexibility index (Phi) is 4.18. The van der Waals surface area contributed by atoms with Crippen molar-refractivity contribution in [3.63, 3.8) is 0 Å². The molecule has 0 radical (unpaired) electrons. The first-order valence-corrected chi connectivity index (χ1v) is 6.70. The molecule has 0 aliphatic heterocycles. The van der Waals surface area contributed by atoms with E-state index in [1.54, 1.807) is 11.3 Å². The topological polar surface area (TPSA) is 38.0 Å². The van der Waals surface area contributed by atoms with Crippen LogP contribution in [0, 0.1) is 6.92 Å². The summed E-state index contributed by atoms with van der Waals surface area (Å²) >= 11 is 7.61. The molecule has 2 rings (SSSR count). The summed E-state index contributed by atoms with van der Waals surface area (Å²) in [4.78, 5) is 1.30. The summed E-state index contributed by atoms with van der Waals surface area (Å²) in [5.74, 6) is 5.62. The molecule has 0 fully saturated rings. The predicted octanol–water partition coefficient (Wildman–Crippen LogP) is 3.46. The minimum atomic E-state index is 0.154. The maximum absolute atomic E-state index is 5.86. The highest BCUT2D eigenvalue weighted by molar-refractivity contribution is 7.10. The van der Waals surface area contributed by atoms with Gasteiger partial charge >= 0.3 is 0 Å². The number of hydrogen-bond acceptors (Lipinski definition) is 3. The molecule has 1 aromatic carbocycles. The molecule has 3 N–H and O–H groups in total. The van der Waals surface area contributed by atoms with Gasteiger partial charge in [0.2, 0.25) is 0 Å². The Morgan fingerprint density at radius 2 is 2.06 bits per heavy atom. The number of thiophene rings is 1. The minimum absolute atomic E-state index is 0.154. The number of nitrogens with one attached hydrogen (secondary N) is 1. The van der Waals surface area contributed by atoms with Crippen LogP contribution in [0.4, 0.5) is 0 Å². The fourth-order valence-electron chi connectivity index (χ4n) is 1.78. The largest absolute Gasteiger partial charge is 0.271 e. The fourth-order valence-corrected chi connectivity index (χ4v) is 2.66. The van der Waals surface area contributed by atoms with Crippen molar-refractivity contribution in [3.05, 3.63) is 56.7 Å². The molecule has 1 heterocycles. The lowest BCUT2D eigenvalue weighted by Gasteiger charge is -2.14. The third kappa shape index (κ3) is 3.30. The van der Waals surface area contributed by atoms with Crippen molar-refractivity contribution in [1.82, 2.24) is 5.43 Å². The second-order valence-corrected chi connectivity index (χ2v) is 5.59. The highest BCUT2D eigenvalue weighted by Gasteiger charge is 2.11. The van der Waals surface area contributed by atoms with Gasteiger partial charge < -0.3 is 0 Å². The van der Waals surface area contributed by atoms with Crippen molar-refractivity contribution in [1.29, 1.82) is 0 Å². The summed E-state index contributed by atoms with van der Waals surface area (Å²) in [5.41, 5.74) is 5.33. The Labute approximate surface area is 110 Å². The zero-order valence-corrected chi connectivity index (χ0v) is 11.2. The van der Waals surface area contributed by atoms with E-state index in [1.807, 2.05) is 24.3 Å². The number of aryl methyl sites for hydroxylation is 1. The summed E-state index contributed by atoms with van der Waals surface area (Å²) < 4.78 is 0. The third-order valence-corrected chi connectivity index (χ3v) is 3.84. The molecular formula is C13H15ClN2S. The third-order valence-electron chi connectivity index (χ3n) is 2.71. The van der Waals surface area contributed by atoms with Crippen molar-refractivity contribution in [2.75, 3.05) is 0 Å². The molecule has 0 amide bonds. The zero-order valence-electron chi connectivity index (χ0n) is 9.61. The smallest absolute Gasteiger partial charge is 0.0508 e. The summed E-state index contributed by atoms with van der Waals surface area (Å²) in [7, 11) is 0. The molecule has 1 atom stereocenters. The maximum atomic E-state index is 5.86. The molecule has 1 unspecified atom stereocenters. The van der Waals surface area contributed by atoms with Crippen LogP contribution in [-0.2, 0) is 6.42 Å². The number of rotatable bonds is 4. The average molecular weight is 267 g/mol. The Balaban J connectivity index is 2.12. The van der Waals surface area contributed by atoms with Gasteiger partial charge in [-0.25, -0.2) is 0 Å². The van der Waals surface area contributed by atoms with Crippen LogP contribution in [0.1, 0.15) is 22.0 Å². The van der Waals surface area contributed by atoms with Crippen molar-refractivity contribution in [2.45, 2.75) is 19.4 Å². The Hall–Kier alpha value is -0.870. The molecule has 0 saturated heterocycles. The Bertz CT molecular complexity index is 478. The van der Waals surface area contributed by atoms with E-state index >= 15 is 0 Å². The van der Waals surface area contributed by atoms with Crippen molar-refractivity contribution in [3.8, 4) is 0 Å². The van der Waals surface area contributed by atoms with Crippen molar-refractivity contribution < 1.29 is 0 Å². The first-order chi connectivity index (χ1) is 8.19. The van der Waals surface area contributed by atoms with Gasteiger partial charge in [-0.15, -0.1) is 11.3 Å². The number of benzene rings is 1. The van der Waals surface area contributed by atoms with Crippen LogP contribution in [0.15, 0.2) is 35.7 Å². The average Bonchev–Trinajstić information content (AvgIpc) is 2.75. The zero-order chi connectivity index (χ0) is 12.3. The summed E-state index contributed by atoms with van der Waals surface area (Å²) in [5, 5.41) is 2.91. The van der Waals surface area contributed by atoms with Gasteiger partial charge in [0.1, 0.15) is 0 Å². The molecule has 1 aromatic heterocycles. The van der Waals surface area contributed by atoms with Crippen molar-refractivity contribution in [2.24, 2.45) is 5.84 Å². The Morgan fingerprint density at radius 1 is 1.35 bits per heavy atom. The molecule has 0 spiro atoms. The fraction of sp³-hybridized carbons (Fsp3) is 0.231. The van der Waals surface area contributed by atoms with Gasteiger partial charge in [0.05, 0.1) is 6.04 Å². The molecule has 0 aliphatic rings. The lowest BCUT2D eigenvalue weighted by Crippen LogP contribution is -2.29. The Morgan fingerprint density at radius 3 is 2.59 bits per heavy atom. The maximum Gasteiger partial charge on any atom is 0.0508 e. The van der Waals surface area contributed by atoms with Gasteiger partial charge in [-0.05, 0) is 48.1 Å². The molecule has 4 heteroatoms. The van der Waals surface area contributed by atoms with Gasteiger partial charge in [-0.2, -0.15) is 0 Å². The van der Waals surface area contributed by atoms with E-state index in [4.69, 9.17) is 17.4 Å². The molecular weight excluding hydrogens is 252 g/mol. The van der Waals surface area contributed by atoms with Crippen LogP contribution < -0.4 is 11.3 Å². The van der Waals surface area contributed by atoms with E-state index in [9.17, 15) is 0 Å². The van der Waals surface area contributed by atoms with Gasteiger partial charge in [-0.1, -0.05) is 23.7 Å². The highest BCUT2D eigenvalue weighted by atomic mass is 35.5. The summed E-state index contributed by atoms with van der Waals surface area (Å²) in [6, 6.07) is 10.2. The molecule has 0 aliphatic carbocycles. The van der Waals surface area contributed by atoms with E-state index in [0.29, 0.717) is 0 Å². The number of halogens is 1. The second-order valence-electron chi connectivity index (χ2n) is 4.04. The first kappa shape index (κ1) is 12.6. The standard InChI is InChI=1S/C13H15ClN2S/c1-9-6-11(8-17-9)13(16-15)7-10-2-4-12(14)5-3-10/h2-6,8,13,16H,7,15H2,1H3. The normalized spacial score (nSPS) is 12.6. The summed E-state index contributed by atoms with van der Waals surface area (Å²) in [6.45, 7) is 2.10. The van der Waals surface area contributed by atoms with E-state index in [2.05, 4.69) is 23.8 Å². The molecule has 0 saturated carbocycles. The van der Waals surface area contributed by atoms with Crippen LogP contribution in [0.2, 0.25) is 5.02 Å². The van der Waals surface area contributed by atoms with Gasteiger partial charge in [-0.3, -0.25) is 11.3 Å². The quantitative estimate of drug-likeness (QED) is 0.657. The van der Waals surface area contributed by atoms with Crippen LogP contribution in [0.5, 0.6) is 0 Å². The summed E-state index contributed by atoms with van der Waals surface area (Å²) in [6.07, 6.45) is 0.865. The highest BCUT2D eigenvalue weighted by Crippen LogP contribution is 2.23. The second kappa shape index (κ2) is 5.65. The van der Waals surface area contributed by atoms with Crippen LogP contribution in [0.25, 0.3) is 0 Å². The lowest BCUT2D eigenvalue weighted by molar-refractivity contribution is 0.553.